The van der Waals surface area contributed by atoms with Gasteiger partial charge >= 0.3 is 5.97 Å². The molecule has 24 heavy (non-hydrogen) atoms. The van der Waals surface area contributed by atoms with Crippen molar-refractivity contribution in [1.29, 1.82) is 0 Å². The minimum absolute atomic E-state index is 0.198. The Labute approximate surface area is 160 Å². The molecular weight excluding hydrogens is 438 g/mol. The van der Waals surface area contributed by atoms with E-state index >= 15 is 0 Å². The van der Waals surface area contributed by atoms with Crippen LogP contribution in [0.25, 0.3) is 0 Å². The first-order chi connectivity index (χ1) is 11.2. The van der Waals surface area contributed by atoms with Gasteiger partial charge in [-0.25, -0.2) is 0 Å². The number of hydroxylamine groups is 1. The third-order valence-corrected chi connectivity index (χ3v) is 5.55. The van der Waals surface area contributed by atoms with Crippen LogP contribution in [0.4, 0.5) is 0 Å². The summed E-state index contributed by atoms with van der Waals surface area (Å²) in [5, 5.41) is 0. The van der Waals surface area contributed by atoms with Crippen LogP contribution in [0.5, 0.6) is 0 Å². The van der Waals surface area contributed by atoms with Crippen molar-refractivity contribution in [1.82, 2.24) is 5.48 Å². The summed E-state index contributed by atoms with van der Waals surface area (Å²) in [6.07, 6.45) is 1.78. The number of benzene rings is 1. The van der Waals surface area contributed by atoms with Crippen molar-refractivity contribution in [3.8, 4) is 0 Å². The van der Waals surface area contributed by atoms with Gasteiger partial charge in [0, 0.05) is 26.1 Å². The number of hydrogen-bond donors (Lipinski definition) is 1. The predicted molar refractivity (Wildman–Crippen MR) is 101 cm³/mol. The van der Waals surface area contributed by atoms with Crippen LogP contribution in [0.3, 0.4) is 0 Å². The van der Waals surface area contributed by atoms with Crippen LogP contribution in [0, 0.1) is 17.3 Å². The molecule has 0 unspecified atom stereocenters. The third-order valence-electron chi connectivity index (χ3n) is 4.06. The largest absolute Gasteiger partial charge is 0.460 e. The predicted octanol–water partition coefficient (Wildman–Crippen LogP) is 4.97. The molecule has 1 aromatic carbocycles. The fourth-order valence-electron chi connectivity index (χ4n) is 2.49. The molecule has 1 aliphatic carbocycles. The molecule has 1 saturated carbocycles. The zero-order valence-corrected chi connectivity index (χ0v) is 17.5. The lowest BCUT2D eigenvalue weighted by Crippen LogP contribution is -2.12. The normalized spacial score (nSPS) is 20.3. The van der Waals surface area contributed by atoms with Gasteiger partial charge in [0.2, 0.25) is 0 Å². The fraction of sp³-hybridized carbons (Fsp3) is 0.500. The Balaban J connectivity index is 1.91. The average molecular weight is 461 g/mol. The van der Waals surface area contributed by atoms with Gasteiger partial charge in [0.15, 0.2) is 0 Å². The highest BCUT2D eigenvalue weighted by atomic mass is 79.9. The summed E-state index contributed by atoms with van der Waals surface area (Å²) in [6.45, 7) is 9.08. The number of rotatable bonds is 7. The molecule has 0 aliphatic heterocycles. The Bertz CT molecular complexity index is 621. The number of ether oxygens (including phenoxy) is 1. The van der Waals surface area contributed by atoms with Gasteiger partial charge in [0.1, 0.15) is 6.61 Å². The SMILES string of the molecule is CC(C)CONC=C1[C@@H](C(=O)OCc2c(Br)cccc2Br)C1(C)C. The van der Waals surface area contributed by atoms with Crippen LogP contribution in [0.2, 0.25) is 0 Å². The molecule has 0 saturated heterocycles. The second-order valence-corrected chi connectivity index (χ2v) is 8.59. The Morgan fingerprint density at radius 1 is 1.33 bits per heavy atom. The summed E-state index contributed by atoms with van der Waals surface area (Å²) < 4.78 is 7.35. The van der Waals surface area contributed by atoms with Crippen LogP contribution in [-0.2, 0) is 21.0 Å². The van der Waals surface area contributed by atoms with Crippen molar-refractivity contribution < 1.29 is 14.4 Å². The summed E-state index contributed by atoms with van der Waals surface area (Å²) in [5.74, 6) is 0.0140. The molecule has 1 atom stereocenters. The van der Waals surface area contributed by atoms with E-state index in [4.69, 9.17) is 9.57 Å². The number of esters is 1. The first-order valence-corrected chi connectivity index (χ1v) is 9.51. The smallest absolute Gasteiger partial charge is 0.314 e. The highest BCUT2D eigenvalue weighted by molar-refractivity contribution is 9.11. The lowest BCUT2D eigenvalue weighted by Gasteiger charge is -2.09. The second-order valence-electron chi connectivity index (χ2n) is 6.89. The van der Waals surface area contributed by atoms with E-state index in [2.05, 4.69) is 51.2 Å². The highest BCUT2D eigenvalue weighted by Crippen LogP contribution is 2.58. The summed E-state index contributed by atoms with van der Waals surface area (Å²) >= 11 is 6.96. The van der Waals surface area contributed by atoms with Crippen LogP contribution >= 0.6 is 31.9 Å². The highest BCUT2D eigenvalue weighted by Gasteiger charge is 2.58. The topological polar surface area (TPSA) is 47.6 Å². The van der Waals surface area contributed by atoms with Crippen molar-refractivity contribution in [2.75, 3.05) is 6.61 Å². The third kappa shape index (κ3) is 4.61. The molecule has 0 aromatic heterocycles. The maximum absolute atomic E-state index is 12.4. The van der Waals surface area contributed by atoms with Crippen molar-refractivity contribution in [2.24, 2.45) is 17.3 Å². The molecule has 0 spiro atoms. The van der Waals surface area contributed by atoms with E-state index in [9.17, 15) is 4.79 Å². The number of halogens is 2. The molecule has 0 radical (unpaired) electrons. The quantitative estimate of drug-likeness (QED) is 0.354. The maximum atomic E-state index is 12.4. The van der Waals surface area contributed by atoms with E-state index < -0.39 is 0 Å². The lowest BCUT2D eigenvalue weighted by atomic mass is 10.1. The Morgan fingerprint density at radius 3 is 2.54 bits per heavy atom. The van der Waals surface area contributed by atoms with E-state index in [1.165, 1.54) is 0 Å². The summed E-state index contributed by atoms with van der Waals surface area (Å²) in [5.41, 5.74) is 4.55. The summed E-state index contributed by atoms with van der Waals surface area (Å²) in [7, 11) is 0. The lowest BCUT2D eigenvalue weighted by molar-refractivity contribution is -0.147. The van der Waals surface area contributed by atoms with Crippen molar-refractivity contribution in [2.45, 2.75) is 34.3 Å². The Morgan fingerprint density at radius 2 is 1.96 bits per heavy atom. The number of nitrogens with one attached hydrogen (secondary N) is 1. The van der Waals surface area contributed by atoms with E-state index in [-0.39, 0.29) is 23.9 Å². The van der Waals surface area contributed by atoms with Crippen LogP contribution in [0.1, 0.15) is 33.3 Å². The van der Waals surface area contributed by atoms with Gasteiger partial charge in [-0.2, -0.15) is 0 Å². The molecule has 0 heterocycles. The molecule has 4 nitrogen and oxygen atoms in total. The van der Waals surface area contributed by atoms with Gasteiger partial charge in [0.25, 0.3) is 0 Å². The van der Waals surface area contributed by atoms with Gasteiger partial charge in [-0.1, -0.05) is 65.6 Å². The number of carbonyl (C=O) groups is 1. The molecule has 0 amide bonds. The minimum atomic E-state index is -0.228. The number of hydrogen-bond acceptors (Lipinski definition) is 4. The second kappa shape index (κ2) is 8.02. The minimum Gasteiger partial charge on any atom is -0.460 e. The Kier molecular flexibility index (Phi) is 6.51. The molecule has 132 valence electrons. The van der Waals surface area contributed by atoms with Gasteiger partial charge in [-0.3, -0.25) is 15.1 Å². The monoisotopic (exact) mass is 459 g/mol. The molecule has 0 bridgehead atoms. The summed E-state index contributed by atoms with van der Waals surface area (Å²) in [4.78, 5) is 17.7. The molecule has 2 rings (SSSR count). The fourth-order valence-corrected chi connectivity index (χ4v) is 3.72. The Hall–Kier alpha value is -0.850. The first kappa shape index (κ1) is 19.5. The van der Waals surface area contributed by atoms with Crippen molar-refractivity contribution in [3.05, 3.63) is 44.5 Å². The van der Waals surface area contributed by atoms with Gasteiger partial charge < -0.3 is 4.74 Å². The van der Waals surface area contributed by atoms with E-state index in [0.29, 0.717) is 12.5 Å². The molecule has 6 heteroatoms. The van der Waals surface area contributed by atoms with E-state index in [1.807, 2.05) is 32.0 Å². The maximum Gasteiger partial charge on any atom is 0.314 e. The van der Waals surface area contributed by atoms with E-state index in [1.54, 1.807) is 6.20 Å². The van der Waals surface area contributed by atoms with Crippen LogP contribution in [0.15, 0.2) is 38.9 Å². The zero-order chi connectivity index (χ0) is 17.9. The van der Waals surface area contributed by atoms with Crippen molar-refractivity contribution >= 4 is 37.8 Å². The van der Waals surface area contributed by atoms with Gasteiger partial charge in [0.05, 0.1) is 12.5 Å². The zero-order valence-electron chi connectivity index (χ0n) is 14.4. The van der Waals surface area contributed by atoms with Gasteiger partial charge in [-0.05, 0) is 23.6 Å². The van der Waals surface area contributed by atoms with Crippen LogP contribution < -0.4 is 5.48 Å². The van der Waals surface area contributed by atoms with E-state index in [0.717, 1.165) is 20.1 Å². The molecular formula is C18H23Br2NO3. The average Bonchev–Trinajstić information content (AvgIpc) is 3.04. The van der Waals surface area contributed by atoms with Crippen molar-refractivity contribution in [3.63, 3.8) is 0 Å². The first-order valence-electron chi connectivity index (χ1n) is 7.92. The van der Waals surface area contributed by atoms with Crippen LogP contribution in [-0.4, -0.2) is 12.6 Å². The summed E-state index contributed by atoms with van der Waals surface area (Å²) in [6, 6.07) is 5.78. The standard InChI is InChI=1S/C18H23Br2NO3/c1-11(2)9-24-21-8-13-16(18(13,3)4)17(22)23-10-12-14(19)6-5-7-15(12)20/h5-8,11,16,21H,9-10H2,1-4H3/t16-/m0/s1. The molecule has 1 fully saturated rings. The molecule has 1 N–H and O–H groups in total. The molecule has 1 aromatic rings. The molecule has 1 aliphatic rings. The number of carbonyl (C=O) groups excluding carboxylic acids is 1. The van der Waals surface area contributed by atoms with Gasteiger partial charge in [-0.15, -0.1) is 0 Å².